The molecular formula is C23H18F3NO. The molecule has 28 heavy (non-hydrogen) atoms. The van der Waals surface area contributed by atoms with E-state index in [-0.39, 0.29) is 11.9 Å². The van der Waals surface area contributed by atoms with Crippen LogP contribution < -0.4 is 4.90 Å². The average molecular weight is 381 g/mol. The number of carbonyl (C=O) groups is 1. The van der Waals surface area contributed by atoms with Gasteiger partial charge in [0.15, 0.2) is 0 Å². The fourth-order valence-corrected chi connectivity index (χ4v) is 3.64. The second-order valence-electron chi connectivity index (χ2n) is 7.01. The fraction of sp³-hybridized carbons (Fsp3) is 0.174. The zero-order valence-corrected chi connectivity index (χ0v) is 15.2. The van der Waals surface area contributed by atoms with Gasteiger partial charge in [0.1, 0.15) is 0 Å². The van der Waals surface area contributed by atoms with Crippen molar-refractivity contribution < 1.29 is 18.0 Å². The molecule has 1 heterocycles. The summed E-state index contributed by atoms with van der Waals surface area (Å²) in [6.07, 6.45) is -3.84. The first kappa shape index (κ1) is 18.3. The summed E-state index contributed by atoms with van der Waals surface area (Å²) in [4.78, 5) is 14.9. The quantitative estimate of drug-likeness (QED) is 0.536. The molecule has 0 saturated carbocycles. The Morgan fingerprint density at radius 1 is 0.893 bits per heavy atom. The van der Waals surface area contributed by atoms with Gasteiger partial charge in [-0.3, -0.25) is 4.79 Å². The van der Waals surface area contributed by atoms with Gasteiger partial charge in [0.05, 0.1) is 11.6 Å². The Morgan fingerprint density at radius 2 is 1.54 bits per heavy atom. The van der Waals surface area contributed by atoms with Crippen LogP contribution in [0.25, 0.3) is 0 Å². The van der Waals surface area contributed by atoms with Crippen molar-refractivity contribution in [3.8, 4) is 0 Å². The highest BCUT2D eigenvalue weighted by Crippen LogP contribution is 2.38. The number of nitrogens with zero attached hydrogens (tertiary/aromatic N) is 1. The third kappa shape index (κ3) is 3.28. The Hall–Kier alpha value is -3.08. The minimum absolute atomic E-state index is 0.143. The summed E-state index contributed by atoms with van der Waals surface area (Å²) in [6.45, 7) is 1.96. The summed E-state index contributed by atoms with van der Waals surface area (Å²) < 4.78 is 38.8. The van der Waals surface area contributed by atoms with Crippen LogP contribution in [0.5, 0.6) is 0 Å². The van der Waals surface area contributed by atoms with Crippen LogP contribution in [0.15, 0.2) is 72.8 Å². The van der Waals surface area contributed by atoms with Gasteiger partial charge in [0.25, 0.3) is 5.91 Å². The van der Waals surface area contributed by atoms with Crippen molar-refractivity contribution >= 4 is 11.6 Å². The molecule has 4 rings (SSSR count). The van der Waals surface area contributed by atoms with Gasteiger partial charge in [0.2, 0.25) is 0 Å². The van der Waals surface area contributed by atoms with Crippen molar-refractivity contribution in [3.05, 3.63) is 101 Å². The van der Waals surface area contributed by atoms with Crippen molar-refractivity contribution in [1.82, 2.24) is 0 Å². The number of hydrogen-bond acceptors (Lipinski definition) is 1. The molecule has 0 N–H and O–H groups in total. The highest BCUT2D eigenvalue weighted by atomic mass is 19.4. The molecule has 0 aromatic heterocycles. The Labute approximate surface area is 161 Å². The molecule has 1 unspecified atom stereocenters. The predicted octanol–water partition coefficient (Wildman–Crippen LogP) is 5.96. The Bertz CT molecular complexity index is 1010. The van der Waals surface area contributed by atoms with E-state index in [1.54, 1.807) is 11.0 Å². The first-order chi connectivity index (χ1) is 13.3. The van der Waals surface area contributed by atoms with E-state index in [0.29, 0.717) is 17.5 Å². The van der Waals surface area contributed by atoms with Crippen LogP contribution >= 0.6 is 0 Å². The van der Waals surface area contributed by atoms with Gasteiger partial charge in [-0.1, -0.05) is 48.0 Å². The molecule has 0 bridgehead atoms. The van der Waals surface area contributed by atoms with E-state index in [4.69, 9.17) is 0 Å². The van der Waals surface area contributed by atoms with Crippen molar-refractivity contribution in [1.29, 1.82) is 0 Å². The van der Waals surface area contributed by atoms with E-state index >= 15 is 0 Å². The molecule has 142 valence electrons. The molecule has 2 nitrogen and oxygen atoms in total. The molecule has 0 fully saturated rings. The number of benzene rings is 3. The largest absolute Gasteiger partial charge is 0.416 e. The molecule has 0 spiro atoms. The van der Waals surface area contributed by atoms with Crippen LogP contribution in [0.4, 0.5) is 18.9 Å². The fourth-order valence-electron chi connectivity index (χ4n) is 3.64. The average Bonchev–Trinajstić information content (AvgIpc) is 2.68. The second kappa shape index (κ2) is 6.82. The number of halogens is 3. The highest BCUT2D eigenvalue weighted by Gasteiger charge is 2.35. The maximum Gasteiger partial charge on any atom is 0.416 e. The van der Waals surface area contributed by atoms with Gasteiger partial charge < -0.3 is 4.90 Å². The van der Waals surface area contributed by atoms with Crippen LogP contribution in [-0.2, 0) is 12.6 Å². The lowest BCUT2D eigenvalue weighted by Gasteiger charge is -2.37. The minimum atomic E-state index is -4.38. The molecular weight excluding hydrogens is 363 g/mol. The van der Waals surface area contributed by atoms with Gasteiger partial charge in [-0.25, -0.2) is 0 Å². The monoisotopic (exact) mass is 381 g/mol. The van der Waals surface area contributed by atoms with Crippen LogP contribution in [-0.4, -0.2) is 5.91 Å². The maximum absolute atomic E-state index is 13.3. The van der Waals surface area contributed by atoms with Crippen LogP contribution in [0.1, 0.15) is 38.7 Å². The van der Waals surface area contributed by atoms with E-state index in [2.05, 4.69) is 0 Å². The lowest BCUT2D eigenvalue weighted by atomic mass is 9.88. The number of anilines is 1. The molecule has 5 heteroatoms. The number of rotatable bonds is 2. The number of hydrogen-bond donors (Lipinski definition) is 0. The van der Waals surface area contributed by atoms with Crippen LogP contribution in [0.2, 0.25) is 0 Å². The Balaban J connectivity index is 1.80. The van der Waals surface area contributed by atoms with Gasteiger partial charge in [-0.05, 0) is 54.8 Å². The molecule has 1 atom stereocenters. The molecule has 3 aromatic carbocycles. The predicted molar refractivity (Wildman–Crippen MR) is 102 cm³/mol. The van der Waals surface area contributed by atoms with E-state index in [1.165, 1.54) is 12.1 Å². The lowest BCUT2D eigenvalue weighted by molar-refractivity contribution is -0.137. The number of carbonyl (C=O) groups excluding carboxylic acids is 1. The first-order valence-corrected chi connectivity index (χ1v) is 9.00. The lowest BCUT2D eigenvalue weighted by Crippen LogP contribution is -2.40. The maximum atomic E-state index is 13.3. The van der Waals surface area contributed by atoms with E-state index in [9.17, 15) is 18.0 Å². The summed E-state index contributed by atoms with van der Waals surface area (Å²) in [5, 5.41) is 0. The molecule has 1 aliphatic rings. The molecule has 0 aliphatic carbocycles. The molecule has 1 aliphatic heterocycles. The van der Waals surface area contributed by atoms with Gasteiger partial charge in [-0.15, -0.1) is 0 Å². The van der Waals surface area contributed by atoms with Crippen LogP contribution in [0.3, 0.4) is 0 Å². The van der Waals surface area contributed by atoms with Crippen molar-refractivity contribution in [2.75, 3.05) is 4.90 Å². The smallest absolute Gasteiger partial charge is 0.301 e. The molecule has 0 saturated heterocycles. The standard InChI is InChI=1S/C23H18F3NO/c1-15-6-12-19(13-7-15)27-21(14-17-4-2-3-5-20(17)22(27)28)16-8-10-18(11-9-16)23(24,25)26/h2-13,21H,14H2,1H3. The van der Waals surface area contributed by atoms with Crippen molar-refractivity contribution in [2.24, 2.45) is 0 Å². The molecule has 3 aromatic rings. The Kier molecular flexibility index (Phi) is 4.46. The third-order valence-corrected chi connectivity index (χ3v) is 5.13. The van der Waals surface area contributed by atoms with E-state index < -0.39 is 11.7 Å². The van der Waals surface area contributed by atoms with E-state index in [0.717, 1.165) is 28.9 Å². The number of alkyl halides is 3. The third-order valence-electron chi connectivity index (χ3n) is 5.13. The summed E-state index contributed by atoms with van der Waals surface area (Å²) in [7, 11) is 0. The van der Waals surface area contributed by atoms with E-state index in [1.807, 2.05) is 49.4 Å². The number of fused-ring (bicyclic) bond motifs is 1. The Morgan fingerprint density at radius 3 is 2.18 bits per heavy atom. The van der Waals surface area contributed by atoms with Gasteiger partial charge >= 0.3 is 6.18 Å². The summed E-state index contributed by atoms with van der Waals surface area (Å²) in [5.41, 5.74) is 3.32. The normalized spacial score (nSPS) is 16.8. The zero-order chi connectivity index (χ0) is 19.9. The topological polar surface area (TPSA) is 20.3 Å². The van der Waals surface area contributed by atoms with Crippen molar-refractivity contribution in [3.63, 3.8) is 0 Å². The van der Waals surface area contributed by atoms with Crippen molar-refractivity contribution in [2.45, 2.75) is 25.6 Å². The van der Waals surface area contributed by atoms with Crippen LogP contribution in [0, 0.1) is 6.92 Å². The highest BCUT2D eigenvalue weighted by molar-refractivity contribution is 6.08. The number of aryl methyl sites for hydroxylation is 1. The number of amides is 1. The second-order valence-corrected chi connectivity index (χ2v) is 7.01. The summed E-state index contributed by atoms with van der Waals surface area (Å²) >= 11 is 0. The molecule has 1 amide bonds. The van der Waals surface area contributed by atoms with Gasteiger partial charge in [0, 0.05) is 11.3 Å². The minimum Gasteiger partial charge on any atom is -0.301 e. The summed E-state index contributed by atoms with van der Waals surface area (Å²) in [5.74, 6) is -0.143. The zero-order valence-electron chi connectivity index (χ0n) is 15.2. The first-order valence-electron chi connectivity index (χ1n) is 9.00. The molecule has 0 radical (unpaired) electrons. The van der Waals surface area contributed by atoms with Gasteiger partial charge in [-0.2, -0.15) is 13.2 Å². The summed E-state index contributed by atoms with van der Waals surface area (Å²) in [6, 6.07) is 19.7. The SMILES string of the molecule is Cc1ccc(N2C(=O)c3ccccc3CC2c2ccc(C(F)(F)F)cc2)cc1.